The number of hydrogen-bond donors (Lipinski definition) is 1. The summed E-state index contributed by atoms with van der Waals surface area (Å²) in [4.78, 5) is 18.6. The highest BCUT2D eigenvalue weighted by molar-refractivity contribution is 5.99. The van der Waals surface area contributed by atoms with Crippen molar-refractivity contribution in [2.45, 2.75) is 32.4 Å². The van der Waals surface area contributed by atoms with Crippen LogP contribution in [0.2, 0.25) is 0 Å². The SMILES string of the molecule is Cc1cc(N[C@H]2CCCN(c3ccc(OC(F)F)cc3)C2=O)ccn1. The Morgan fingerprint density at radius 2 is 2.04 bits per heavy atom. The van der Waals surface area contributed by atoms with E-state index in [0.29, 0.717) is 12.2 Å². The van der Waals surface area contributed by atoms with Crippen molar-refractivity contribution < 1.29 is 18.3 Å². The van der Waals surface area contributed by atoms with E-state index >= 15 is 0 Å². The molecule has 0 saturated carbocycles. The summed E-state index contributed by atoms with van der Waals surface area (Å²) in [6.45, 7) is -0.371. The molecule has 25 heavy (non-hydrogen) atoms. The van der Waals surface area contributed by atoms with Gasteiger partial charge in [-0.3, -0.25) is 9.78 Å². The number of nitrogens with one attached hydrogen (secondary N) is 1. The van der Waals surface area contributed by atoms with E-state index in [1.807, 2.05) is 19.1 Å². The van der Waals surface area contributed by atoms with Crippen LogP contribution in [0.3, 0.4) is 0 Å². The first-order chi connectivity index (χ1) is 12.0. The number of rotatable bonds is 5. The Balaban J connectivity index is 1.71. The fourth-order valence-electron chi connectivity index (χ4n) is 2.91. The lowest BCUT2D eigenvalue weighted by atomic mass is 10.0. The molecule has 1 aromatic heterocycles. The number of aryl methyl sites for hydroxylation is 1. The van der Waals surface area contributed by atoms with Crippen LogP contribution in [0.5, 0.6) is 5.75 Å². The monoisotopic (exact) mass is 347 g/mol. The predicted octanol–water partition coefficient (Wildman–Crippen LogP) is 3.60. The first-order valence-corrected chi connectivity index (χ1v) is 8.08. The van der Waals surface area contributed by atoms with Gasteiger partial charge in [0.2, 0.25) is 5.91 Å². The highest BCUT2D eigenvalue weighted by Gasteiger charge is 2.29. The van der Waals surface area contributed by atoms with E-state index in [0.717, 1.165) is 24.2 Å². The third kappa shape index (κ3) is 4.23. The molecular weight excluding hydrogens is 328 g/mol. The minimum absolute atomic E-state index is 0.0387. The maximum atomic E-state index is 12.8. The van der Waals surface area contributed by atoms with Gasteiger partial charge in [-0.05, 0) is 56.2 Å². The number of alkyl halides is 2. The minimum Gasteiger partial charge on any atom is -0.435 e. The average molecular weight is 347 g/mol. The topological polar surface area (TPSA) is 54.5 Å². The number of piperidine rings is 1. The zero-order valence-corrected chi connectivity index (χ0v) is 13.8. The average Bonchev–Trinajstić information content (AvgIpc) is 2.57. The molecule has 0 aliphatic carbocycles. The second kappa shape index (κ2) is 7.46. The Kier molecular flexibility index (Phi) is 5.11. The van der Waals surface area contributed by atoms with E-state index in [2.05, 4.69) is 15.0 Å². The fourth-order valence-corrected chi connectivity index (χ4v) is 2.91. The summed E-state index contributed by atoms with van der Waals surface area (Å²) in [7, 11) is 0. The van der Waals surface area contributed by atoms with Crippen molar-refractivity contribution in [1.29, 1.82) is 0 Å². The predicted molar refractivity (Wildman–Crippen MR) is 91.0 cm³/mol. The normalized spacial score (nSPS) is 17.7. The maximum Gasteiger partial charge on any atom is 0.387 e. The number of pyridine rings is 1. The van der Waals surface area contributed by atoms with Gasteiger partial charge in [-0.15, -0.1) is 0 Å². The summed E-state index contributed by atoms with van der Waals surface area (Å²) in [5.41, 5.74) is 2.40. The maximum absolute atomic E-state index is 12.8. The summed E-state index contributed by atoms with van der Waals surface area (Å²) < 4.78 is 28.8. The van der Waals surface area contributed by atoms with Crippen LogP contribution in [-0.2, 0) is 4.79 Å². The van der Waals surface area contributed by atoms with Crippen LogP contribution < -0.4 is 15.0 Å². The molecular formula is C18H19F2N3O2. The van der Waals surface area contributed by atoms with Crippen LogP contribution >= 0.6 is 0 Å². The molecule has 1 aliphatic rings. The van der Waals surface area contributed by atoms with Crippen LogP contribution in [0.1, 0.15) is 18.5 Å². The number of carbonyl (C=O) groups excluding carboxylic acids is 1. The number of hydrogen-bond acceptors (Lipinski definition) is 4. The Bertz CT molecular complexity index is 737. The van der Waals surface area contributed by atoms with E-state index in [9.17, 15) is 13.6 Å². The van der Waals surface area contributed by atoms with Crippen LogP contribution in [0.25, 0.3) is 0 Å². The Morgan fingerprint density at radius 3 is 2.72 bits per heavy atom. The van der Waals surface area contributed by atoms with Gasteiger partial charge in [-0.25, -0.2) is 0 Å². The molecule has 0 unspecified atom stereocenters. The van der Waals surface area contributed by atoms with E-state index in [1.165, 1.54) is 12.1 Å². The lowest BCUT2D eigenvalue weighted by Crippen LogP contribution is -2.47. The minimum atomic E-state index is -2.86. The van der Waals surface area contributed by atoms with Crippen molar-refractivity contribution in [2.24, 2.45) is 0 Å². The smallest absolute Gasteiger partial charge is 0.387 e. The third-order valence-corrected chi connectivity index (χ3v) is 4.05. The molecule has 3 rings (SSSR count). The second-order valence-electron chi connectivity index (χ2n) is 5.89. The number of halogens is 2. The van der Waals surface area contributed by atoms with Crippen molar-refractivity contribution in [2.75, 3.05) is 16.8 Å². The summed E-state index contributed by atoms with van der Waals surface area (Å²) >= 11 is 0. The summed E-state index contributed by atoms with van der Waals surface area (Å²) in [6.07, 6.45) is 3.29. The summed E-state index contributed by atoms with van der Waals surface area (Å²) in [6, 6.07) is 9.52. The molecule has 1 aliphatic heterocycles. The standard InChI is InChI=1S/C18H19F2N3O2/c1-12-11-13(8-9-21-12)22-16-3-2-10-23(17(16)24)14-4-6-15(7-5-14)25-18(19)20/h4-9,11,16,18H,2-3,10H2,1H3,(H,21,22)/t16-/m0/s1. The van der Waals surface area contributed by atoms with Gasteiger partial charge in [0.25, 0.3) is 0 Å². The van der Waals surface area contributed by atoms with Crippen molar-refractivity contribution >= 4 is 17.3 Å². The van der Waals surface area contributed by atoms with Gasteiger partial charge < -0.3 is 15.0 Å². The Morgan fingerprint density at radius 1 is 1.28 bits per heavy atom. The van der Waals surface area contributed by atoms with Crippen LogP contribution in [0.4, 0.5) is 20.2 Å². The largest absolute Gasteiger partial charge is 0.435 e. The molecule has 1 fully saturated rings. The molecule has 1 amide bonds. The van der Waals surface area contributed by atoms with Crippen molar-refractivity contribution in [3.63, 3.8) is 0 Å². The number of benzene rings is 1. The van der Waals surface area contributed by atoms with Crippen molar-refractivity contribution in [3.8, 4) is 5.75 Å². The van der Waals surface area contributed by atoms with Gasteiger partial charge in [0.15, 0.2) is 0 Å². The van der Waals surface area contributed by atoms with Gasteiger partial charge in [0, 0.05) is 29.8 Å². The van der Waals surface area contributed by atoms with Crippen LogP contribution in [-0.4, -0.2) is 30.1 Å². The van der Waals surface area contributed by atoms with Gasteiger partial charge >= 0.3 is 6.61 Å². The molecule has 2 aromatic rings. The number of nitrogens with zero attached hydrogens (tertiary/aromatic N) is 2. The number of carbonyl (C=O) groups is 1. The van der Waals surface area contributed by atoms with E-state index in [4.69, 9.17) is 0 Å². The quantitative estimate of drug-likeness (QED) is 0.898. The zero-order valence-electron chi connectivity index (χ0n) is 13.8. The number of aromatic nitrogens is 1. The van der Waals surface area contributed by atoms with Gasteiger partial charge in [-0.1, -0.05) is 0 Å². The first-order valence-electron chi connectivity index (χ1n) is 8.08. The molecule has 2 heterocycles. The fraction of sp³-hybridized carbons (Fsp3) is 0.333. The molecule has 0 bridgehead atoms. The lowest BCUT2D eigenvalue weighted by Gasteiger charge is -2.33. The molecule has 1 atom stereocenters. The summed E-state index contributed by atoms with van der Waals surface area (Å²) in [5.74, 6) is 0.0355. The van der Waals surface area contributed by atoms with Crippen molar-refractivity contribution in [1.82, 2.24) is 4.98 Å². The highest BCUT2D eigenvalue weighted by Crippen LogP contribution is 2.26. The van der Waals surface area contributed by atoms with Gasteiger partial charge in [0.1, 0.15) is 11.8 Å². The zero-order chi connectivity index (χ0) is 17.8. The van der Waals surface area contributed by atoms with Crippen molar-refractivity contribution in [3.05, 3.63) is 48.3 Å². The second-order valence-corrected chi connectivity index (χ2v) is 5.89. The Hall–Kier alpha value is -2.70. The molecule has 0 radical (unpaired) electrons. The van der Waals surface area contributed by atoms with E-state index in [-0.39, 0.29) is 17.7 Å². The Labute approximate surface area is 144 Å². The molecule has 0 spiro atoms. The van der Waals surface area contributed by atoms with Gasteiger partial charge in [0.05, 0.1) is 0 Å². The first kappa shape index (κ1) is 17.1. The lowest BCUT2D eigenvalue weighted by molar-refractivity contribution is -0.120. The van der Waals surface area contributed by atoms with E-state index < -0.39 is 6.61 Å². The van der Waals surface area contributed by atoms with Crippen LogP contribution in [0.15, 0.2) is 42.6 Å². The van der Waals surface area contributed by atoms with E-state index in [1.54, 1.807) is 23.2 Å². The molecule has 132 valence electrons. The third-order valence-electron chi connectivity index (χ3n) is 4.05. The molecule has 1 aromatic carbocycles. The number of ether oxygens (including phenoxy) is 1. The van der Waals surface area contributed by atoms with Gasteiger partial charge in [-0.2, -0.15) is 8.78 Å². The molecule has 1 saturated heterocycles. The highest BCUT2D eigenvalue weighted by atomic mass is 19.3. The molecule has 1 N–H and O–H groups in total. The number of anilines is 2. The molecule has 7 heteroatoms. The molecule has 5 nitrogen and oxygen atoms in total. The van der Waals surface area contributed by atoms with Crippen LogP contribution in [0, 0.1) is 6.92 Å². The summed E-state index contributed by atoms with van der Waals surface area (Å²) in [5, 5.41) is 3.25. The number of amides is 1.